The van der Waals surface area contributed by atoms with Crippen molar-refractivity contribution in [1.29, 1.82) is 0 Å². The molecule has 1 atom stereocenters. The van der Waals surface area contributed by atoms with Gasteiger partial charge in [-0.3, -0.25) is 4.79 Å². The van der Waals surface area contributed by atoms with Crippen molar-refractivity contribution in [3.8, 4) is 11.5 Å². The molecule has 2 aromatic rings. The van der Waals surface area contributed by atoms with Gasteiger partial charge in [0, 0.05) is 17.8 Å². The van der Waals surface area contributed by atoms with Gasteiger partial charge in [0.2, 0.25) is 5.91 Å². The van der Waals surface area contributed by atoms with Crippen LogP contribution in [0.1, 0.15) is 13.3 Å². The zero-order valence-corrected chi connectivity index (χ0v) is 15.0. The molecule has 1 unspecified atom stereocenters. The lowest BCUT2D eigenvalue weighted by atomic mass is 10.1. The van der Waals surface area contributed by atoms with Gasteiger partial charge in [-0.25, -0.2) is 0 Å². The predicted molar refractivity (Wildman–Crippen MR) is 100.0 cm³/mol. The van der Waals surface area contributed by atoms with E-state index in [1.165, 1.54) is 0 Å². The zero-order chi connectivity index (χ0) is 17.8. The Balaban J connectivity index is 1.61. The van der Waals surface area contributed by atoms with Crippen LogP contribution in [-0.4, -0.2) is 32.2 Å². The fourth-order valence-corrected chi connectivity index (χ4v) is 2.97. The average Bonchev–Trinajstić information content (AvgIpc) is 2.60. The molecular weight excluding hydrogens is 340 g/mol. The second kappa shape index (κ2) is 7.66. The lowest BCUT2D eigenvalue weighted by Gasteiger charge is -2.35. The topological polar surface area (TPSA) is 50.8 Å². The number of rotatable bonds is 5. The van der Waals surface area contributed by atoms with Gasteiger partial charge in [-0.05, 0) is 49.4 Å². The van der Waals surface area contributed by atoms with Crippen LogP contribution in [0.3, 0.4) is 0 Å². The molecule has 1 amide bonds. The summed E-state index contributed by atoms with van der Waals surface area (Å²) in [5.74, 6) is 1.51. The highest BCUT2D eigenvalue weighted by atomic mass is 35.5. The first kappa shape index (κ1) is 17.4. The van der Waals surface area contributed by atoms with Gasteiger partial charge in [-0.15, -0.1) is 0 Å². The van der Waals surface area contributed by atoms with Gasteiger partial charge in [-0.2, -0.15) is 0 Å². The predicted octanol–water partition coefficient (Wildman–Crippen LogP) is 3.96. The normalized spacial score (nSPS) is 16.0. The highest BCUT2D eigenvalue weighted by Gasteiger charge is 2.27. The minimum Gasteiger partial charge on any atom is -0.494 e. The van der Waals surface area contributed by atoms with Crippen molar-refractivity contribution in [3.63, 3.8) is 0 Å². The van der Waals surface area contributed by atoms with Gasteiger partial charge in [0.15, 0.2) is 0 Å². The Labute approximate surface area is 152 Å². The van der Waals surface area contributed by atoms with E-state index in [1.54, 1.807) is 6.07 Å². The summed E-state index contributed by atoms with van der Waals surface area (Å²) in [6.07, 6.45) is 0.329. The Kier molecular flexibility index (Phi) is 5.34. The third-order valence-electron chi connectivity index (χ3n) is 4.15. The van der Waals surface area contributed by atoms with Crippen LogP contribution in [0.5, 0.6) is 11.5 Å². The Morgan fingerprint density at radius 1 is 1.32 bits per heavy atom. The monoisotopic (exact) mass is 360 g/mol. The van der Waals surface area contributed by atoms with Gasteiger partial charge in [0.1, 0.15) is 18.1 Å². The summed E-state index contributed by atoms with van der Waals surface area (Å²) in [5, 5.41) is 3.56. The molecule has 1 N–H and O–H groups in total. The molecular formula is C19H21ClN2O3. The van der Waals surface area contributed by atoms with Crippen LogP contribution in [0.15, 0.2) is 42.5 Å². The molecule has 0 spiro atoms. The van der Waals surface area contributed by atoms with Crippen LogP contribution in [0.25, 0.3) is 0 Å². The van der Waals surface area contributed by atoms with Gasteiger partial charge in [-0.1, -0.05) is 11.6 Å². The molecule has 6 heteroatoms. The van der Waals surface area contributed by atoms with Crippen molar-refractivity contribution in [2.45, 2.75) is 19.4 Å². The van der Waals surface area contributed by atoms with Gasteiger partial charge < -0.3 is 19.7 Å². The number of carbonyl (C=O) groups is 1. The summed E-state index contributed by atoms with van der Waals surface area (Å²) in [7, 11) is 1.95. The molecule has 25 heavy (non-hydrogen) atoms. The summed E-state index contributed by atoms with van der Waals surface area (Å²) < 4.78 is 11.2. The fourth-order valence-electron chi connectivity index (χ4n) is 2.81. The second-order valence-corrected chi connectivity index (χ2v) is 6.33. The van der Waals surface area contributed by atoms with E-state index < -0.39 is 0 Å². The van der Waals surface area contributed by atoms with E-state index in [9.17, 15) is 4.79 Å². The molecule has 0 bridgehead atoms. The van der Waals surface area contributed by atoms with Crippen LogP contribution in [0, 0.1) is 0 Å². The van der Waals surface area contributed by atoms with Crippen LogP contribution in [0.4, 0.5) is 11.4 Å². The summed E-state index contributed by atoms with van der Waals surface area (Å²) in [6, 6.07) is 12.8. The first-order chi connectivity index (χ1) is 12.1. The SMILES string of the molecule is CCOc1ccc(NC(=O)CC2COc3ccc(Cl)cc3N2C)cc1. The van der Waals surface area contributed by atoms with Crippen LogP contribution in [-0.2, 0) is 4.79 Å². The number of nitrogens with zero attached hydrogens (tertiary/aromatic N) is 1. The maximum absolute atomic E-state index is 12.4. The summed E-state index contributed by atoms with van der Waals surface area (Å²) in [5.41, 5.74) is 1.65. The number of amides is 1. The number of anilines is 2. The molecule has 0 radical (unpaired) electrons. The zero-order valence-electron chi connectivity index (χ0n) is 14.3. The highest BCUT2D eigenvalue weighted by molar-refractivity contribution is 6.31. The maximum atomic E-state index is 12.4. The number of ether oxygens (including phenoxy) is 2. The van der Waals surface area contributed by atoms with E-state index in [4.69, 9.17) is 21.1 Å². The molecule has 5 nitrogen and oxygen atoms in total. The van der Waals surface area contributed by atoms with E-state index in [-0.39, 0.29) is 11.9 Å². The number of likely N-dealkylation sites (N-methyl/N-ethyl adjacent to an activating group) is 1. The van der Waals surface area contributed by atoms with Gasteiger partial charge in [0.25, 0.3) is 0 Å². The average molecular weight is 361 g/mol. The molecule has 1 heterocycles. The standard InChI is InChI=1S/C19H21ClN2O3/c1-3-24-16-7-5-14(6-8-16)21-19(23)11-15-12-25-18-9-4-13(20)10-17(18)22(15)2/h4-10,15H,3,11-12H2,1-2H3,(H,21,23). The van der Waals surface area contributed by atoms with Crippen molar-refractivity contribution >= 4 is 28.9 Å². The Hall–Kier alpha value is -2.40. The number of halogens is 1. The molecule has 3 rings (SSSR count). The highest BCUT2D eigenvalue weighted by Crippen LogP contribution is 2.35. The van der Waals surface area contributed by atoms with Crippen LogP contribution in [0.2, 0.25) is 5.02 Å². The van der Waals surface area contributed by atoms with E-state index in [1.807, 2.05) is 55.3 Å². The first-order valence-corrected chi connectivity index (χ1v) is 8.62. The minimum atomic E-state index is -0.0601. The number of benzene rings is 2. The Morgan fingerprint density at radius 3 is 2.80 bits per heavy atom. The molecule has 1 aliphatic rings. The van der Waals surface area contributed by atoms with E-state index >= 15 is 0 Å². The van der Waals surface area contributed by atoms with Crippen molar-refractivity contribution in [3.05, 3.63) is 47.5 Å². The quantitative estimate of drug-likeness (QED) is 0.876. The van der Waals surface area contributed by atoms with Crippen molar-refractivity contribution in [2.75, 3.05) is 30.5 Å². The van der Waals surface area contributed by atoms with Crippen LogP contribution >= 0.6 is 11.6 Å². The number of hydrogen-bond donors (Lipinski definition) is 1. The van der Waals surface area contributed by atoms with E-state index in [0.29, 0.717) is 24.7 Å². The van der Waals surface area contributed by atoms with Crippen molar-refractivity contribution < 1.29 is 14.3 Å². The van der Waals surface area contributed by atoms with Gasteiger partial charge >= 0.3 is 0 Å². The summed E-state index contributed by atoms with van der Waals surface area (Å²) in [4.78, 5) is 14.4. The molecule has 132 valence electrons. The first-order valence-electron chi connectivity index (χ1n) is 8.24. The molecule has 0 aliphatic carbocycles. The van der Waals surface area contributed by atoms with Crippen LogP contribution < -0.4 is 19.7 Å². The number of nitrogens with one attached hydrogen (secondary N) is 1. The Bertz CT molecular complexity index is 749. The molecule has 0 fully saturated rings. The third-order valence-corrected chi connectivity index (χ3v) is 4.39. The third kappa shape index (κ3) is 4.17. The second-order valence-electron chi connectivity index (χ2n) is 5.90. The minimum absolute atomic E-state index is 0.0475. The Morgan fingerprint density at radius 2 is 2.08 bits per heavy atom. The number of carbonyl (C=O) groups excluding carboxylic acids is 1. The van der Waals surface area contributed by atoms with Crippen molar-refractivity contribution in [2.24, 2.45) is 0 Å². The van der Waals surface area contributed by atoms with E-state index in [2.05, 4.69) is 5.32 Å². The molecule has 1 aliphatic heterocycles. The lowest BCUT2D eigenvalue weighted by Crippen LogP contribution is -2.42. The van der Waals surface area contributed by atoms with Crippen molar-refractivity contribution in [1.82, 2.24) is 0 Å². The summed E-state index contributed by atoms with van der Waals surface area (Å²) in [6.45, 7) is 3.01. The molecule has 2 aromatic carbocycles. The van der Waals surface area contributed by atoms with E-state index in [0.717, 1.165) is 22.9 Å². The lowest BCUT2D eigenvalue weighted by molar-refractivity contribution is -0.116. The maximum Gasteiger partial charge on any atom is 0.226 e. The smallest absolute Gasteiger partial charge is 0.226 e. The van der Waals surface area contributed by atoms with Gasteiger partial charge in [0.05, 0.1) is 24.8 Å². The number of fused-ring (bicyclic) bond motifs is 1. The molecule has 0 saturated carbocycles. The molecule has 0 aromatic heterocycles. The largest absolute Gasteiger partial charge is 0.494 e. The fraction of sp³-hybridized carbons (Fsp3) is 0.316. The summed E-state index contributed by atoms with van der Waals surface area (Å²) >= 11 is 6.07. The number of hydrogen-bond acceptors (Lipinski definition) is 4. The molecule has 0 saturated heterocycles.